The topological polar surface area (TPSA) is 87.6 Å². The van der Waals surface area contributed by atoms with Crippen LogP contribution in [-0.4, -0.2) is 12.1 Å². The molecule has 1 radical (unpaired) electrons. The minimum absolute atomic E-state index is 0.00966. The minimum atomic E-state index is -3.21. The highest BCUT2D eigenvalue weighted by Gasteiger charge is 2.43. The first-order valence-corrected chi connectivity index (χ1v) is 14.3. The number of anilines is 2. The molecule has 0 aromatic heterocycles. The van der Waals surface area contributed by atoms with Gasteiger partial charge in [-0.15, -0.1) is 0 Å². The predicted molar refractivity (Wildman–Crippen MR) is 161 cm³/mol. The van der Waals surface area contributed by atoms with Crippen LogP contribution in [-0.2, 0) is 16.1 Å². The first-order chi connectivity index (χ1) is 19.6. The summed E-state index contributed by atoms with van der Waals surface area (Å²) in [5.41, 5.74) is 16.8. The monoisotopic (exact) mass is 561 g/mol. The number of rotatable bonds is 11. The summed E-state index contributed by atoms with van der Waals surface area (Å²) in [5.74, 6) is -0.662. The van der Waals surface area contributed by atoms with Crippen LogP contribution in [0.4, 0.5) is 20.2 Å². The summed E-state index contributed by atoms with van der Waals surface area (Å²) in [4.78, 5) is 12.5. The number of alkyl halides is 2. The van der Waals surface area contributed by atoms with E-state index in [0.717, 1.165) is 54.4 Å². The minimum Gasteiger partial charge on any atom is -0.458 e. The summed E-state index contributed by atoms with van der Waals surface area (Å²) in [5, 5.41) is 0. The van der Waals surface area contributed by atoms with Gasteiger partial charge in [0, 0.05) is 17.5 Å². The molecule has 0 heterocycles. The number of benzene rings is 3. The van der Waals surface area contributed by atoms with Crippen molar-refractivity contribution in [2.24, 2.45) is 11.8 Å². The fourth-order valence-corrected chi connectivity index (χ4v) is 5.40. The molecule has 1 saturated carbocycles. The summed E-state index contributed by atoms with van der Waals surface area (Å²) in [6.07, 6.45) is 5.71. The Morgan fingerprint density at radius 2 is 1.63 bits per heavy atom. The van der Waals surface area contributed by atoms with Gasteiger partial charge in [-0.3, -0.25) is 0 Å². The molecule has 7 heteroatoms. The lowest BCUT2D eigenvalue weighted by Crippen LogP contribution is -2.37. The normalized spacial score (nSPS) is 17.5. The molecular formula is C34H39F2N2O3. The summed E-state index contributed by atoms with van der Waals surface area (Å²) >= 11 is 0. The van der Waals surface area contributed by atoms with Crippen LogP contribution in [0.5, 0.6) is 5.75 Å². The lowest BCUT2D eigenvalue weighted by molar-refractivity contribution is -0.223. The fraction of sp³-hybridized carbons (Fsp3) is 0.353. The molecule has 0 saturated heterocycles. The second-order valence-electron chi connectivity index (χ2n) is 10.9. The van der Waals surface area contributed by atoms with E-state index in [9.17, 15) is 13.6 Å². The van der Waals surface area contributed by atoms with Gasteiger partial charge in [0.05, 0.1) is 5.92 Å². The maximum Gasteiger partial charge on any atom is 0.400 e. The van der Waals surface area contributed by atoms with Crippen LogP contribution >= 0.6 is 0 Å². The number of ether oxygens (including phenoxy) is 2. The van der Waals surface area contributed by atoms with Gasteiger partial charge in [0.25, 0.3) is 0 Å². The molecule has 1 aliphatic carbocycles. The van der Waals surface area contributed by atoms with E-state index in [1.54, 1.807) is 42.5 Å². The number of unbranched alkanes of at least 4 members (excludes halogenated alkanes) is 1. The summed E-state index contributed by atoms with van der Waals surface area (Å²) in [7, 11) is 0. The van der Waals surface area contributed by atoms with Crippen molar-refractivity contribution in [3.8, 4) is 16.9 Å². The molecule has 0 atom stereocenters. The largest absolute Gasteiger partial charge is 0.458 e. The van der Waals surface area contributed by atoms with Crippen molar-refractivity contribution >= 4 is 23.4 Å². The third-order valence-electron chi connectivity index (χ3n) is 7.75. The van der Waals surface area contributed by atoms with Crippen LogP contribution < -0.4 is 16.2 Å². The van der Waals surface area contributed by atoms with Gasteiger partial charge >= 0.3 is 12.1 Å². The van der Waals surface area contributed by atoms with Crippen LogP contribution in [0.25, 0.3) is 17.2 Å². The number of hydrogen-bond donors (Lipinski definition) is 2. The summed E-state index contributed by atoms with van der Waals surface area (Å²) in [6.45, 7) is 6.22. The van der Waals surface area contributed by atoms with Crippen molar-refractivity contribution in [3.63, 3.8) is 0 Å². The molecule has 217 valence electrons. The Morgan fingerprint density at radius 3 is 2.29 bits per heavy atom. The quantitative estimate of drug-likeness (QED) is 0.139. The summed E-state index contributed by atoms with van der Waals surface area (Å²) < 4.78 is 40.3. The van der Waals surface area contributed by atoms with E-state index in [1.165, 1.54) is 18.2 Å². The molecule has 0 spiro atoms. The lowest BCUT2D eigenvalue weighted by Gasteiger charge is -2.33. The Labute approximate surface area is 241 Å². The van der Waals surface area contributed by atoms with Gasteiger partial charge in [-0.25, -0.2) is 4.79 Å². The second-order valence-corrected chi connectivity index (χ2v) is 10.9. The number of nitrogens with two attached hydrogens (primary N) is 2. The molecule has 0 bridgehead atoms. The molecule has 4 rings (SSSR count). The molecule has 1 fully saturated rings. The van der Waals surface area contributed by atoms with Crippen molar-refractivity contribution in [3.05, 3.63) is 90.4 Å². The Balaban J connectivity index is 1.31. The van der Waals surface area contributed by atoms with E-state index < -0.39 is 18.0 Å². The first kappa shape index (κ1) is 30.1. The van der Waals surface area contributed by atoms with Gasteiger partial charge in [0.2, 0.25) is 0 Å². The molecule has 3 aromatic rings. The average Bonchev–Trinajstić information content (AvgIpc) is 2.95. The number of carbonyl (C=O) groups excluding carboxylic acids is 1. The SMILES string of the molecule is [CH2]c1cc(N)ccc1-c1ccc(N)cc1COC(=O)/C=C/c1ccc(OC(F)(F)C2CCC(CCCC)CC2)cc1. The van der Waals surface area contributed by atoms with E-state index in [1.807, 2.05) is 12.1 Å². The van der Waals surface area contributed by atoms with Gasteiger partial charge in [-0.1, -0.05) is 50.5 Å². The van der Waals surface area contributed by atoms with E-state index in [4.69, 9.17) is 20.9 Å². The van der Waals surface area contributed by atoms with Crippen molar-refractivity contribution < 1.29 is 23.0 Å². The van der Waals surface area contributed by atoms with Crippen molar-refractivity contribution in [1.29, 1.82) is 0 Å². The van der Waals surface area contributed by atoms with Crippen molar-refractivity contribution in [1.82, 2.24) is 0 Å². The Hall–Kier alpha value is -3.87. The van der Waals surface area contributed by atoms with E-state index in [2.05, 4.69) is 13.8 Å². The average molecular weight is 562 g/mol. The standard InChI is InChI=1S/C34H39F2N2O3/c1-3-4-5-24-6-11-27(12-7-24)34(35,36)41-30-15-8-25(9-16-30)10-19-33(39)40-22-26-21-29(38)14-18-32(26)31-17-13-28(37)20-23(31)2/h8-10,13-21,24,27H,2-7,11-12,22,37-38H2,1H3/b19-10+. The fourth-order valence-electron chi connectivity index (χ4n) is 5.40. The Kier molecular flexibility index (Phi) is 10.0. The highest BCUT2D eigenvalue weighted by molar-refractivity contribution is 5.87. The molecular weight excluding hydrogens is 522 g/mol. The molecule has 0 aliphatic heterocycles. The zero-order valence-corrected chi connectivity index (χ0v) is 23.6. The molecule has 41 heavy (non-hydrogen) atoms. The zero-order chi connectivity index (χ0) is 29.4. The molecule has 4 N–H and O–H groups in total. The Bertz CT molecular complexity index is 1350. The maximum atomic E-state index is 14.8. The molecule has 0 unspecified atom stereocenters. The molecule has 0 amide bonds. The summed E-state index contributed by atoms with van der Waals surface area (Å²) in [6, 6.07) is 17.1. The van der Waals surface area contributed by atoms with Crippen LogP contribution in [0, 0.1) is 18.8 Å². The van der Waals surface area contributed by atoms with E-state index in [-0.39, 0.29) is 12.4 Å². The number of halogens is 2. The smallest absolute Gasteiger partial charge is 0.400 e. The van der Waals surface area contributed by atoms with Crippen molar-refractivity contribution in [2.75, 3.05) is 11.5 Å². The highest BCUT2D eigenvalue weighted by atomic mass is 19.3. The van der Waals surface area contributed by atoms with Crippen LogP contribution in [0.2, 0.25) is 0 Å². The van der Waals surface area contributed by atoms with E-state index >= 15 is 0 Å². The second kappa shape index (κ2) is 13.7. The molecule has 5 nitrogen and oxygen atoms in total. The van der Waals surface area contributed by atoms with Gasteiger partial charge in [0.15, 0.2) is 0 Å². The number of nitrogen functional groups attached to an aromatic ring is 2. The third-order valence-corrected chi connectivity index (χ3v) is 7.75. The van der Waals surface area contributed by atoms with Gasteiger partial charge in [-0.2, -0.15) is 8.78 Å². The third kappa shape index (κ3) is 8.32. The first-order valence-electron chi connectivity index (χ1n) is 14.3. The van der Waals surface area contributed by atoms with Crippen LogP contribution in [0.3, 0.4) is 0 Å². The zero-order valence-electron chi connectivity index (χ0n) is 23.6. The van der Waals surface area contributed by atoms with Crippen LogP contribution in [0.1, 0.15) is 68.6 Å². The van der Waals surface area contributed by atoms with Gasteiger partial charge in [-0.05, 0) is 109 Å². The number of carbonyl (C=O) groups is 1. The Morgan fingerprint density at radius 1 is 0.976 bits per heavy atom. The predicted octanol–water partition coefficient (Wildman–Crippen LogP) is 8.42. The molecule has 3 aromatic carbocycles. The molecule has 1 aliphatic rings. The van der Waals surface area contributed by atoms with Crippen LogP contribution in [0.15, 0.2) is 66.7 Å². The number of esters is 1. The maximum absolute atomic E-state index is 14.8. The van der Waals surface area contributed by atoms with Crippen molar-refractivity contribution in [2.45, 2.75) is 64.6 Å². The lowest BCUT2D eigenvalue weighted by atomic mass is 9.79. The van der Waals surface area contributed by atoms with E-state index in [0.29, 0.717) is 35.7 Å². The van der Waals surface area contributed by atoms with Gasteiger partial charge in [0.1, 0.15) is 12.4 Å². The number of hydrogen-bond acceptors (Lipinski definition) is 5. The highest BCUT2D eigenvalue weighted by Crippen LogP contribution is 2.41. The van der Waals surface area contributed by atoms with Gasteiger partial charge < -0.3 is 20.9 Å².